The molecule has 0 radical (unpaired) electrons. The quantitative estimate of drug-likeness (QED) is 0.780. The average molecular weight is 283 g/mol. The van der Waals surface area contributed by atoms with Gasteiger partial charge in [0.25, 0.3) is 0 Å². The van der Waals surface area contributed by atoms with Crippen LogP contribution in [0.25, 0.3) is 0 Å². The average Bonchev–Trinajstić information content (AvgIpc) is 2.89. The van der Waals surface area contributed by atoms with E-state index in [1.165, 1.54) is 6.42 Å². The van der Waals surface area contributed by atoms with E-state index in [2.05, 4.69) is 10.2 Å². The van der Waals surface area contributed by atoms with Crippen molar-refractivity contribution in [3.63, 3.8) is 0 Å². The Morgan fingerprint density at radius 1 is 1.26 bits per heavy atom. The lowest BCUT2D eigenvalue weighted by Crippen LogP contribution is -2.59. The van der Waals surface area contributed by atoms with Crippen LogP contribution in [-0.2, 0) is 4.74 Å². The molecule has 2 saturated heterocycles. The Morgan fingerprint density at radius 3 is 2.84 bits per heavy atom. The van der Waals surface area contributed by atoms with E-state index in [4.69, 9.17) is 17.0 Å². The molecule has 3 rings (SSSR count). The van der Waals surface area contributed by atoms with Crippen LogP contribution in [0.15, 0.2) is 0 Å². The maximum atomic E-state index is 12.1. The number of amides is 2. The minimum absolute atomic E-state index is 0.00131. The molecule has 2 aliphatic heterocycles. The van der Waals surface area contributed by atoms with Crippen molar-refractivity contribution in [1.29, 1.82) is 0 Å². The zero-order valence-electron chi connectivity index (χ0n) is 11.1. The van der Waals surface area contributed by atoms with Gasteiger partial charge >= 0.3 is 6.03 Å². The molecule has 0 aromatic heterocycles. The highest BCUT2D eigenvalue weighted by Crippen LogP contribution is 2.33. The van der Waals surface area contributed by atoms with Crippen LogP contribution in [0.3, 0.4) is 0 Å². The largest absolute Gasteiger partial charge is 0.379 e. The number of nitrogens with one attached hydrogen (secondary N) is 1. The predicted molar refractivity (Wildman–Crippen MR) is 76.2 cm³/mol. The van der Waals surface area contributed by atoms with Gasteiger partial charge in [0.2, 0.25) is 0 Å². The molecule has 0 bridgehead atoms. The van der Waals surface area contributed by atoms with Gasteiger partial charge in [-0.2, -0.15) is 0 Å². The molecular weight excluding hydrogens is 262 g/mol. The molecule has 2 unspecified atom stereocenters. The van der Waals surface area contributed by atoms with Gasteiger partial charge in [-0.3, -0.25) is 4.90 Å². The van der Waals surface area contributed by atoms with Crippen LogP contribution < -0.4 is 5.32 Å². The number of nitrogens with zero attached hydrogens (tertiary/aromatic N) is 2. The Kier molecular flexibility index (Phi) is 4.00. The molecule has 1 aliphatic carbocycles. The van der Waals surface area contributed by atoms with E-state index in [0.29, 0.717) is 12.0 Å². The summed E-state index contributed by atoms with van der Waals surface area (Å²) in [5.41, 5.74) is 0. The number of morpholine rings is 1. The third-order valence-corrected chi connectivity index (χ3v) is 4.87. The zero-order chi connectivity index (χ0) is 13.2. The van der Waals surface area contributed by atoms with E-state index >= 15 is 0 Å². The predicted octanol–water partition coefficient (Wildman–Crippen LogP) is 0.840. The topological polar surface area (TPSA) is 44.8 Å². The van der Waals surface area contributed by atoms with Gasteiger partial charge in [0.05, 0.1) is 18.2 Å². The summed E-state index contributed by atoms with van der Waals surface area (Å²) in [6, 6.07) is 0.337. The van der Waals surface area contributed by atoms with E-state index in [9.17, 15) is 4.79 Å². The van der Waals surface area contributed by atoms with Gasteiger partial charge in [-0.1, -0.05) is 18.6 Å². The van der Waals surface area contributed by atoms with Crippen LogP contribution in [0.1, 0.15) is 19.3 Å². The Morgan fingerprint density at radius 2 is 2.05 bits per heavy atom. The highest BCUT2D eigenvalue weighted by molar-refractivity contribution is 7.80. The van der Waals surface area contributed by atoms with Crippen LogP contribution >= 0.6 is 12.2 Å². The summed E-state index contributed by atoms with van der Waals surface area (Å²) in [5, 5.41) is 2.86. The zero-order valence-corrected chi connectivity index (χ0v) is 12.0. The van der Waals surface area contributed by atoms with Crippen molar-refractivity contribution in [2.45, 2.75) is 25.3 Å². The summed E-state index contributed by atoms with van der Waals surface area (Å²) in [6.45, 7) is 5.30. The van der Waals surface area contributed by atoms with Crippen LogP contribution in [0.2, 0.25) is 0 Å². The second kappa shape index (κ2) is 5.73. The maximum absolute atomic E-state index is 12.1. The Balaban J connectivity index is 1.59. The Labute approximate surface area is 119 Å². The monoisotopic (exact) mass is 283 g/mol. The molecule has 1 saturated carbocycles. The number of urea groups is 1. The number of carbonyl (C=O) groups excluding carboxylic acids is 1. The number of carbonyl (C=O) groups is 1. The summed E-state index contributed by atoms with van der Waals surface area (Å²) in [5.74, 6) is 0.386. The molecular formula is C13H21N3O2S. The van der Waals surface area contributed by atoms with Gasteiger partial charge in [-0.05, 0) is 12.8 Å². The minimum Gasteiger partial charge on any atom is -0.379 e. The molecule has 5 nitrogen and oxygen atoms in total. The van der Waals surface area contributed by atoms with Gasteiger partial charge in [0, 0.05) is 38.1 Å². The first-order valence-corrected chi connectivity index (χ1v) is 7.58. The van der Waals surface area contributed by atoms with Gasteiger partial charge in [0.15, 0.2) is 0 Å². The summed E-state index contributed by atoms with van der Waals surface area (Å²) in [6.07, 6.45) is 3.40. The molecule has 3 fully saturated rings. The Hall–Kier alpha value is -0.720. The SMILES string of the molecule is O=C1NC(=S)C2CCCC2N1CCN1CCOCC1. The molecule has 2 amide bonds. The van der Waals surface area contributed by atoms with Crippen molar-refractivity contribution in [3.05, 3.63) is 0 Å². The molecule has 0 spiro atoms. The first kappa shape index (κ1) is 13.3. The highest BCUT2D eigenvalue weighted by atomic mass is 32.1. The van der Waals surface area contributed by atoms with Crippen molar-refractivity contribution in [2.75, 3.05) is 39.4 Å². The second-order valence-corrected chi connectivity index (χ2v) is 5.99. The van der Waals surface area contributed by atoms with E-state index in [1.807, 2.05) is 4.90 Å². The van der Waals surface area contributed by atoms with E-state index in [0.717, 1.165) is 57.2 Å². The standard InChI is InChI=1S/C13H21N3O2S/c17-13-14-12(19)10-2-1-3-11(10)16(13)5-4-15-6-8-18-9-7-15/h10-11H,1-9H2,(H,14,17,19). The first-order chi connectivity index (χ1) is 9.25. The van der Waals surface area contributed by atoms with Crippen molar-refractivity contribution in [1.82, 2.24) is 15.1 Å². The molecule has 0 aromatic rings. The fraction of sp³-hybridized carbons (Fsp3) is 0.846. The first-order valence-electron chi connectivity index (χ1n) is 7.17. The van der Waals surface area contributed by atoms with Gasteiger partial charge in [-0.25, -0.2) is 4.79 Å². The van der Waals surface area contributed by atoms with E-state index in [-0.39, 0.29) is 6.03 Å². The molecule has 2 heterocycles. The summed E-state index contributed by atoms with van der Waals surface area (Å²) in [4.78, 5) is 17.2. The number of hydrogen-bond acceptors (Lipinski definition) is 4. The lowest BCUT2D eigenvalue weighted by molar-refractivity contribution is 0.0327. The molecule has 3 aliphatic rings. The number of fused-ring (bicyclic) bond motifs is 1. The number of rotatable bonds is 3. The van der Waals surface area contributed by atoms with Crippen LogP contribution in [0, 0.1) is 5.92 Å². The van der Waals surface area contributed by atoms with Crippen LogP contribution in [0.5, 0.6) is 0 Å². The minimum atomic E-state index is 0.00131. The van der Waals surface area contributed by atoms with Crippen molar-refractivity contribution >= 4 is 23.2 Å². The summed E-state index contributed by atoms with van der Waals surface area (Å²) < 4.78 is 5.34. The fourth-order valence-electron chi connectivity index (χ4n) is 3.38. The van der Waals surface area contributed by atoms with E-state index in [1.54, 1.807) is 0 Å². The fourth-order valence-corrected chi connectivity index (χ4v) is 3.74. The third kappa shape index (κ3) is 2.75. The molecule has 6 heteroatoms. The number of thiocarbonyl (C=S) groups is 1. The molecule has 1 N–H and O–H groups in total. The van der Waals surface area contributed by atoms with E-state index < -0.39 is 0 Å². The molecule has 19 heavy (non-hydrogen) atoms. The van der Waals surface area contributed by atoms with Gasteiger partial charge in [0.1, 0.15) is 0 Å². The van der Waals surface area contributed by atoms with Crippen LogP contribution in [-0.4, -0.2) is 66.3 Å². The normalized spacial score (nSPS) is 32.3. The van der Waals surface area contributed by atoms with Gasteiger partial charge < -0.3 is 15.0 Å². The molecule has 2 atom stereocenters. The maximum Gasteiger partial charge on any atom is 0.322 e. The number of ether oxygens (including phenoxy) is 1. The second-order valence-electron chi connectivity index (χ2n) is 5.55. The summed E-state index contributed by atoms with van der Waals surface area (Å²) in [7, 11) is 0. The lowest BCUT2D eigenvalue weighted by atomic mass is 10.00. The Bertz CT molecular complexity index is 371. The third-order valence-electron chi connectivity index (χ3n) is 4.47. The molecule has 0 aromatic carbocycles. The summed E-state index contributed by atoms with van der Waals surface area (Å²) >= 11 is 5.30. The smallest absolute Gasteiger partial charge is 0.322 e. The molecule has 106 valence electrons. The van der Waals surface area contributed by atoms with Gasteiger partial charge in [-0.15, -0.1) is 0 Å². The van der Waals surface area contributed by atoms with Crippen molar-refractivity contribution in [2.24, 2.45) is 5.92 Å². The number of hydrogen-bond donors (Lipinski definition) is 1. The highest BCUT2D eigenvalue weighted by Gasteiger charge is 2.41. The van der Waals surface area contributed by atoms with Crippen LogP contribution in [0.4, 0.5) is 4.79 Å². The van der Waals surface area contributed by atoms with Crippen molar-refractivity contribution < 1.29 is 9.53 Å². The van der Waals surface area contributed by atoms with Crippen molar-refractivity contribution in [3.8, 4) is 0 Å². The lowest BCUT2D eigenvalue weighted by Gasteiger charge is -2.39.